The molecule has 2 aromatic rings. The van der Waals surface area contributed by atoms with Crippen LogP contribution in [0.5, 0.6) is 0 Å². The average molecular weight is 270 g/mol. The van der Waals surface area contributed by atoms with Gasteiger partial charge in [-0.25, -0.2) is 13.2 Å². The third kappa shape index (κ3) is 2.89. The summed E-state index contributed by atoms with van der Waals surface area (Å²) < 4.78 is 27.3. The Labute approximate surface area is 102 Å². The number of benzene rings is 1. The molecule has 0 aliphatic heterocycles. The summed E-state index contributed by atoms with van der Waals surface area (Å²) in [6, 6.07) is 6.42. The third-order valence-electron chi connectivity index (χ3n) is 2.17. The summed E-state index contributed by atoms with van der Waals surface area (Å²) in [5.41, 5.74) is 0.785. The lowest BCUT2D eigenvalue weighted by molar-refractivity contribution is 0.559. The van der Waals surface area contributed by atoms with Crippen LogP contribution in [0.1, 0.15) is 5.56 Å². The van der Waals surface area contributed by atoms with Gasteiger partial charge >= 0.3 is 5.63 Å². The number of aryl methyl sites for hydroxylation is 1. The maximum absolute atomic E-state index is 11.2. The van der Waals surface area contributed by atoms with Crippen molar-refractivity contribution in [3.8, 4) is 0 Å². The van der Waals surface area contributed by atoms with E-state index < -0.39 is 14.5 Å². The van der Waals surface area contributed by atoms with Crippen LogP contribution in [0.3, 0.4) is 0 Å². The molecule has 0 saturated carbocycles. The number of hydrogen-bond acceptors (Lipinski definition) is 5. The van der Waals surface area contributed by atoms with Crippen molar-refractivity contribution in [1.29, 1.82) is 0 Å². The highest BCUT2D eigenvalue weighted by Crippen LogP contribution is 2.27. The smallest absolute Gasteiger partial charge is 0.336 e. The summed E-state index contributed by atoms with van der Waals surface area (Å²) in [6.07, 6.45) is 1.13. The molecule has 0 aliphatic carbocycles. The molecule has 4 nitrogen and oxygen atoms in total. The molecular weight excluding hydrogens is 260 g/mol. The Hall–Kier alpha value is -1.27. The van der Waals surface area contributed by atoms with Crippen molar-refractivity contribution in [2.75, 3.05) is 6.26 Å². The molecule has 0 saturated heterocycles. The van der Waals surface area contributed by atoms with Gasteiger partial charge in [-0.05, 0) is 30.7 Å². The lowest BCUT2D eigenvalue weighted by Crippen LogP contribution is -1.97. The van der Waals surface area contributed by atoms with Crippen LogP contribution in [0.4, 0.5) is 0 Å². The largest absolute Gasteiger partial charge is 0.423 e. The first kappa shape index (κ1) is 12.2. The predicted octanol–water partition coefficient (Wildman–Crippen LogP) is 2.15. The quantitative estimate of drug-likeness (QED) is 0.618. The fourth-order valence-electron chi connectivity index (χ4n) is 1.53. The molecule has 90 valence electrons. The van der Waals surface area contributed by atoms with Crippen LogP contribution >= 0.6 is 10.8 Å². The first-order chi connectivity index (χ1) is 7.85. The first-order valence-electron chi connectivity index (χ1n) is 4.79. The summed E-state index contributed by atoms with van der Waals surface area (Å²) in [4.78, 5) is 11.7. The van der Waals surface area contributed by atoms with Gasteiger partial charge in [0.15, 0.2) is 0 Å². The van der Waals surface area contributed by atoms with E-state index in [4.69, 9.17) is 4.42 Å². The predicted molar refractivity (Wildman–Crippen MR) is 67.9 cm³/mol. The van der Waals surface area contributed by atoms with Crippen molar-refractivity contribution in [2.45, 2.75) is 11.8 Å². The highest BCUT2D eigenvalue weighted by atomic mass is 33.1. The molecule has 1 aromatic heterocycles. The van der Waals surface area contributed by atoms with E-state index in [-0.39, 0.29) is 0 Å². The van der Waals surface area contributed by atoms with Crippen molar-refractivity contribution < 1.29 is 12.8 Å². The highest BCUT2D eigenvalue weighted by Gasteiger charge is 2.08. The lowest BCUT2D eigenvalue weighted by atomic mass is 10.1. The Morgan fingerprint density at radius 1 is 1.24 bits per heavy atom. The molecule has 0 radical (unpaired) electrons. The summed E-state index contributed by atoms with van der Waals surface area (Å²) in [6.45, 7) is 1.81. The van der Waals surface area contributed by atoms with Gasteiger partial charge in [-0.1, -0.05) is 0 Å². The molecule has 0 unspecified atom stereocenters. The minimum Gasteiger partial charge on any atom is -0.423 e. The molecule has 0 bridgehead atoms. The van der Waals surface area contributed by atoms with Gasteiger partial charge in [0.2, 0.25) is 8.87 Å². The van der Waals surface area contributed by atoms with E-state index in [0.717, 1.165) is 28.0 Å². The van der Waals surface area contributed by atoms with Crippen LogP contribution in [-0.4, -0.2) is 14.7 Å². The number of rotatable bonds is 2. The van der Waals surface area contributed by atoms with Crippen molar-refractivity contribution in [1.82, 2.24) is 0 Å². The van der Waals surface area contributed by atoms with Crippen molar-refractivity contribution in [3.05, 3.63) is 40.2 Å². The standard InChI is InChI=1S/C11H10O4S2/c1-7-5-11(12)15-10-6-8(3-4-9(7)10)16-17(2,13)14/h3-6H,1-2H3. The molecule has 2 rings (SSSR count). The number of fused-ring (bicyclic) bond motifs is 1. The normalized spacial score (nSPS) is 11.9. The van der Waals surface area contributed by atoms with Crippen LogP contribution in [-0.2, 0) is 8.87 Å². The topological polar surface area (TPSA) is 64.3 Å². The monoisotopic (exact) mass is 270 g/mol. The lowest BCUT2D eigenvalue weighted by Gasteiger charge is -2.02. The Morgan fingerprint density at radius 3 is 2.59 bits per heavy atom. The maximum atomic E-state index is 11.2. The number of hydrogen-bond donors (Lipinski definition) is 0. The van der Waals surface area contributed by atoms with E-state index in [1.165, 1.54) is 6.07 Å². The Balaban J connectivity index is 2.62. The minimum atomic E-state index is -3.17. The molecule has 6 heteroatoms. The highest BCUT2D eigenvalue weighted by molar-refractivity contribution is 8.71. The van der Waals surface area contributed by atoms with Gasteiger partial charge in [0.05, 0.1) is 0 Å². The molecule has 17 heavy (non-hydrogen) atoms. The van der Waals surface area contributed by atoms with Gasteiger partial charge in [-0.15, -0.1) is 0 Å². The van der Waals surface area contributed by atoms with Crippen LogP contribution < -0.4 is 5.63 Å². The summed E-state index contributed by atoms with van der Waals surface area (Å²) >= 11 is 0. The van der Waals surface area contributed by atoms with Crippen LogP contribution in [0.15, 0.2) is 38.4 Å². The average Bonchev–Trinajstić information content (AvgIpc) is 2.13. The molecule has 0 atom stereocenters. The van der Waals surface area contributed by atoms with Crippen LogP contribution in [0.2, 0.25) is 0 Å². The van der Waals surface area contributed by atoms with Gasteiger partial charge in [-0.3, -0.25) is 0 Å². The van der Waals surface area contributed by atoms with Gasteiger partial charge in [-0.2, -0.15) is 0 Å². The summed E-state index contributed by atoms with van der Waals surface area (Å²) in [7, 11) is -2.43. The molecule has 1 heterocycles. The second kappa shape index (κ2) is 4.19. The SMILES string of the molecule is Cc1cc(=O)oc2cc(SS(C)(=O)=O)ccc12. The zero-order valence-corrected chi connectivity index (χ0v) is 10.9. The maximum Gasteiger partial charge on any atom is 0.336 e. The van der Waals surface area contributed by atoms with E-state index in [2.05, 4.69) is 0 Å². The Bertz CT molecular complexity index is 729. The summed E-state index contributed by atoms with van der Waals surface area (Å²) in [5, 5.41) is 0.808. The van der Waals surface area contributed by atoms with Crippen LogP contribution in [0.25, 0.3) is 11.0 Å². The van der Waals surface area contributed by atoms with Gasteiger partial charge < -0.3 is 4.42 Å². The fraction of sp³-hybridized carbons (Fsp3) is 0.182. The Morgan fingerprint density at radius 2 is 1.94 bits per heavy atom. The van der Waals surface area contributed by atoms with Crippen molar-refractivity contribution in [2.24, 2.45) is 0 Å². The van der Waals surface area contributed by atoms with E-state index in [1.807, 2.05) is 6.92 Å². The molecule has 0 aliphatic rings. The van der Waals surface area contributed by atoms with E-state index in [0.29, 0.717) is 10.5 Å². The minimum absolute atomic E-state index is 0.406. The fourth-order valence-corrected chi connectivity index (χ4v) is 3.52. The second-order valence-electron chi connectivity index (χ2n) is 3.69. The van der Waals surface area contributed by atoms with Gasteiger partial charge in [0.25, 0.3) is 0 Å². The van der Waals surface area contributed by atoms with Crippen LogP contribution in [0, 0.1) is 6.92 Å². The van der Waals surface area contributed by atoms with Gasteiger partial charge in [0.1, 0.15) is 5.58 Å². The van der Waals surface area contributed by atoms with E-state index in [1.54, 1.807) is 18.2 Å². The van der Waals surface area contributed by atoms with Gasteiger partial charge in [0, 0.05) is 33.4 Å². The van der Waals surface area contributed by atoms with E-state index in [9.17, 15) is 13.2 Å². The molecule has 0 N–H and O–H groups in total. The van der Waals surface area contributed by atoms with E-state index >= 15 is 0 Å². The third-order valence-corrected chi connectivity index (χ3v) is 4.41. The molecular formula is C11H10O4S2. The second-order valence-corrected chi connectivity index (χ2v) is 8.06. The first-order valence-corrected chi connectivity index (χ1v) is 8.01. The zero-order chi connectivity index (χ0) is 12.6. The Kier molecular flexibility index (Phi) is 3.01. The van der Waals surface area contributed by atoms with Crippen molar-refractivity contribution >= 4 is 30.6 Å². The molecule has 0 amide bonds. The zero-order valence-electron chi connectivity index (χ0n) is 9.26. The summed E-state index contributed by atoms with van der Waals surface area (Å²) in [5.74, 6) is 0. The molecule has 0 fully saturated rings. The molecule has 0 spiro atoms. The van der Waals surface area contributed by atoms with Crippen molar-refractivity contribution in [3.63, 3.8) is 0 Å². The molecule has 1 aromatic carbocycles.